The van der Waals surface area contributed by atoms with Crippen LogP contribution >= 0.6 is 11.8 Å². The highest BCUT2D eigenvalue weighted by Gasteiger charge is 2.30. The number of rotatable bonds is 6. The second-order valence-corrected chi connectivity index (χ2v) is 8.82. The lowest BCUT2D eigenvalue weighted by molar-refractivity contribution is -0.138. The van der Waals surface area contributed by atoms with Gasteiger partial charge in [-0.3, -0.25) is 4.79 Å². The molecule has 0 amide bonds. The predicted molar refractivity (Wildman–Crippen MR) is 115 cm³/mol. The molecule has 4 rings (SSSR count). The summed E-state index contributed by atoms with van der Waals surface area (Å²) in [4.78, 5) is 11.9. The van der Waals surface area contributed by atoms with Crippen molar-refractivity contribution in [1.29, 1.82) is 0 Å². The molecule has 2 aromatic heterocycles. The molecule has 9 heteroatoms. The van der Waals surface area contributed by atoms with Gasteiger partial charge in [-0.25, -0.2) is 4.68 Å². The van der Waals surface area contributed by atoms with Crippen molar-refractivity contribution in [3.63, 3.8) is 0 Å². The maximum absolute atomic E-state index is 12.8. The maximum Gasteiger partial charge on any atom is 0.416 e. The van der Waals surface area contributed by atoms with Gasteiger partial charge in [0.05, 0.1) is 29.6 Å². The van der Waals surface area contributed by atoms with Gasteiger partial charge >= 0.3 is 12.1 Å². The van der Waals surface area contributed by atoms with Gasteiger partial charge in [-0.15, -0.1) is 11.8 Å². The van der Waals surface area contributed by atoms with E-state index in [2.05, 4.69) is 5.10 Å². The van der Waals surface area contributed by atoms with Crippen LogP contribution < -0.4 is 0 Å². The first-order chi connectivity index (χ1) is 15.1. The van der Waals surface area contributed by atoms with Crippen LogP contribution in [0.4, 0.5) is 13.2 Å². The van der Waals surface area contributed by atoms with E-state index in [0.717, 1.165) is 33.7 Å². The molecular weight excluding hydrogens is 441 g/mol. The minimum atomic E-state index is -4.38. The summed E-state index contributed by atoms with van der Waals surface area (Å²) in [6.45, 7) is 3.88. The number of hydrogen-bond acceptors (Lipinski definition) is 4. The van der Waals surface area contributed by atoms with Crippen molar-refractivity contribution >= 4 is 28.7 Å². The van der Waals surface area contributed by atoms with Gasteiger partial charge in [-0.1, -0.05) is 0 Å². The number of nitrogens with zero attached hydrogens (tertiary/aromatic N) is 2. The number of hydrogen-bond donors (Lipinski definition) is 1. The Hall–Kier alpha value is -3.20. The van der Waals surface area contributed by atoms with Gasteiger partial charge in [0.25, 0.3) is 0 Å². The molecule has 2 heterocycles. The average Bonchev–Trinajstić information content (AvgIpc) is 3.30. The highest BCUT2D eigenvalue weighted by Crippen LogP contribution is 2.38. The molecule has 166 valence electrons. The van der Waals surface area contributed by atoms with Crippen molar-refractivity contribution in [2.45, 2.75) is 36.6 Å². The summed E-state index contributed by atoms with van der Waals surface area (Å²) < 4.78 is 45.5. The first kappa shape index (κ1) is 22.0. The smallest absolute Gasteiger partial charge is 0.416 e. The molecule has 32 heavy (non-hydrogen) atoms. The standard InChI is InChI=1S/C23H19F3N2O3S/c1-13-20(11-28(27-13)17-5-3-16(4-6-17)23(24,25)26)14(2)32-18-7-8-19-15(9-22(29)30)12-31-21(19)10-18/h3-8,10-12,14H,9H2,1-2H3,(H,29,30)/t14-/m0/s1. The lowest BCUT2D eigenvalue weighted by Gasteiger charge is -2.10. The van der Waals surface area contributed by atoms with Crippen molar-refractivity contribution in [2.24, 2.45) is 0 Å². The third-order valence-corrected chi connectivity index (χ3v) is 6.25. The summed E-state index contributed by atoms with van der Waals surface area (Å²) in [5.74, 6) is -0.916. The predicted octanol–water partition coefficient (Wildman–Crippen LogP) is 6.43. The van der Waals surface area contributed by atoms with Crippen LogP contribution in [0, 0.1) is 6.92 Å². The Morgan fingerprint density at radius 2 is 1.94 bits per heavy atom. The number of alkyl halides is 3. The molecule has 0 saturated carbocycles. The van der Waals surface area contributed by atoms with E-state index in [1.165, 1.54) is 18.4 Å². The fourth-order valence-electron chi connectivity index (χ4n) is 3.51. The molecule has 0 bridgehead atoms. The van der Waals surface area contributed by atoms with E-state index in [-0.39, 0.29) is 11.7 Å². The fourth-order valence-corrected chi connectivity index (χ4v) is 4.60. The largest absolute Gasteiger partial charge is 0.481 e. The number of carboxylic acids is 1. The zero-order valence-electron chi connectivity index (χ0n) is 17.2. The summed E-state index contributed by atoms with van der Waals surface area (Å²) >= 11 is 1.58. The lowest BCUT2D eigenvalue weighted by Crippen LogP contribution is -2.05. The Balaban J connectivity index is 1.53. The molecule has 0 aliphatic rings. The Morgan fingerprint density at radius 1 is 1.22 bits per heavy atom. The lowest BCUT2D eigenvalue weighted by atomic mass is 10.1. The summed E-state index contributed by atoms with van der Waals surface area (Å²) in [5, 5.41) is 14.3. The Labute approximate surface area is 185 Å². The van der Waals surface area contributed by atoms with E-state index in [1.54, 1.807) is 16.4 Å². The number of aryl methyl sites for hydroxylation is 1. The first-order valence-electron chi connectivity index (χ1n) is 9.74. The van der Waals surface area contributed by atoms with E-state index in [0.29, 0.717) is 16.8 Å². The molecule has 0 aliphatic heterocycles. The Kier molecular flexibility index (Phi) is 5.77. The number of thioether (sulfide) groups is 1. The van der Waals surface area contributed by atoms with Crippen LogP contribution in [0.3, 0.4) is 0 Å². The number of aromatic nitrogens is 2. The SMILES string of the molecule is Cc1nn(-c2ccc(C(F)(F)F)cc2)cc1[C@H](C)Sc1ccc2c(CC(=O)O)coc2c1. The van der Waals surface area contributed by atoms with Gasteiger partial charge in [0, 0.05) is 32.9 Å². The van der Waals surface area contributed by atoms with Crippen LogP contribution in [-0.4, -0.2) is 20.9 Å². The van der Waals surface area contributed by atoms with Crippen molar-refractivity contribution in [3.05, 3.63) is 77.3 Å². The molecule has 0 aliphatic carbocycles. The third-order valence-electron chi connectivity index (χ3n) is 5.12. The highest BCUT2D eigenvalue weighted by atomic mass is 32.2. The van der Waals surface area contributed by atoms with Crippen LogP contribution in [0.15, 0.2) is 64.2 Å². The molecule has 0 spiro atoms. The second kappa shape index (κ2) is 8.38. The van der Waals surface area contributed by atoms with Crippen molar-refractivity contribution in [3.8, 4) is 5.69 Å². The van der Waals surface area contributed by atoms with E-state index < -0.39 is 17.7 Å². The highest BCUT2D eigenvalue weighted by molar-refractivity contribution is 7.99. The number of carboxylic acid groups (broad SMARTS) is 1. The van der Waals surface area contributed by atoms with Crippen LogP contribution in [0.5, 0.6) is 0 Å². The number of aliphatic carboxylic acids is 1. The molecular formula is C23H19F3N2O3S. The topological polar surface area (TPSA) is 68.3 Å². The molecule has 1 N–H and O–H groups in total. The number of furan rings is 1. The number of carbonyl (C=O) groups is 1. The van der Waals surface area contributed by atoms with E-state index in [1.807, 2.05) is 38.2 Å². The van der Waals surface area contributed by atoms with Crippen molar-refractivity contribution in [2.75, 3.05) is 0 Å². The van der Waals surface area contributed by atoms with E-state index in [4.69, 9.17) is 9.52 Å². The van der Waals surface area contributed by atoms with Crippen molar-refractivity contribution < 1.29 is 27.5 Å². The number of benzene rings is 2. The number of halogens is 3. The van der Waals surface area contributed by atoms with E-state index >= 15 is 0 Å². The summed E-state index contributed by atoms with van der Waals surface area (Å²) in [6.07, 6.45) is -1.18. The Bertz CT molecular complexity index is 1280. The summed E-state index contributed by atoms with van der Waals surface area (Å²) in [5.41, 5.74) is 2.84. The molecule has 1 atom stereocenters. The monoisotopic (exact) mass is 460 g/mol. The molecule has 4 aromatic rings. The van der Waals surface area contributed by atoms with Gasteiger partial charge in [0.2, 0.25) is 0 Å². The van der Waals surface area contributed by atoms with Gasteiger partial charge in [-0.05, 0) is 56.3 Å². The normalized spacial score (nSPS) is 12.9. The third kappa shape index (κ3) is 4.52. The van der Waals surface area contributed by atoms with Gasteiger partial charge in [-0.2, -0.15) is 18.3 Å². The van der Waals surface area contributed by atoms with Crippen LogP contribution in [0.2, 0.25) is 0 Å². The average molecular weight is 460 g/mol. The van der Waals surface area contributed by atoms with Gasteiger partial charge in [0.1, 0.15) is 5.58 Å². The van der Waals surface area contributed by atoms with Gasteiger partial charge in [0.15, 0.2) is 0 Å². The fraction of sp³-hybridized carbons (Fsp3) is 0.217. The first-order valence-corrected chi connectivity index (χ1v) is 10.6. The second-order valence-electron chi connectivity index (χ2n) is 7.41. The summed E-state index contributed by atoms with van der Waals surface area (Å²) in [7, 11) is 0. The van der Waals surface area contributed by atoms with Crippen LogP contribution in [-0.2, 0) is 17.4 Å². The number of fused-ring (bicyclic) bond motifs is 1. The minimum Gasteiger partial charge on any atom is -0.481 e. The quantitative estimate of drug-likeness (QED) is 0.336. The van der Waals surface area contributed by atoms with Crippen LogP contribution in [0.25, 0.3) is 16.7 Å². The van der Waals surface area contributed by atoms with E-state index in [9.17, 15) is 18.0 Å². The summed E-state index contributed by atoms with van der Waals surface area (Å²) in [6, 6.07) is 10.5. The molecule has 5 nitrogen and oxygen atoms in total. The minimum absolute atomic E-state index is 0.0177. The van der Waals surface area contributed by atoms with Crippen molar-refractivity contribution in [1.82, 2.24) is 9.78 Å². The molecule has 0 fully saturated rings. The molecule has 0 unspecified atom stereocenters. The zero-order chi connectivity index (χ0) is 23.0. The maximum atomic E-state index is 12.8. The molecule has 0 radical (unpaired) electrons. The Morgan fingerprint density at radius 3 is 2.59 bits per heavy atom. The van der Waals surface area contributed by atoms with Gasteiger partial charge < -0.3 is 9.52 Å². The van der Waals surface area contributed by atoms with Crippen LogP contribution in [0.1, 0.15) is 34.6 Å². The molecule has 0 saturated heterocycles. The zero-order valence-corrected chi connectivity index (χ0v) is 18.0. The molecule has 2 aromatic carbocycles.